The van der Waals surface area contributed by atoms with Crippen molar-refractivity contribution < 1.29 is 28.5 Å². The maximum Gasteiger partial charge on any atom is 0.191 e. The highest BCUT2D eigenvalue weighted by Crippen LogP contribution is 2.42. The normalized spacial score (nSPS) is 47.9. The van der Waals surface area contributed by atoms with Gasteiger partial charge in [0.05, 0.1) is 6.61 Å². The van der Waals surface area contributed by atoms with Crippen molar-refractivity contribution in [3.63, 3.8) is 0 Å². The summed E-state index contributed by atoms with van der Waals surface area (Å²) in [5.74, 6) is -0.926. The third-order valence-corrected chi connectivity index (χ3v) is 2.63. The first-order chi connectivity index (χ1) is 6.94. The van der Waals surface area contributed by atoms with Crippen LogP contribution in [-0.2, 0) is 19.0 Å². The molecule has 0 amide bonds. The van der Waals surface area contributed by atoms with Gasteiger partial charge < -0.3 is 19.3 Å². The number of rotatable bonds is 2. The number of halogens is 1. The van der Waals surface area contributed by atoms with Crippen molar-refractivity contribution >= 4 is 6.29 Å². The second kappa shape index (κ2) is 3.21. The van der Waals surface area contributed by atoms with Crippen molar-refractivity contribution in [3.8, 4) is 0 Å². The summed E-state index contributed by atoms with van der Waals surface area (Å²) in [6.07, 6.45) is -3.35. The smallest absolute Gasteiger partial charge is 0.191 e. The van der Waals surface area contributed by atoms with Crippen LogP contribution in [0.5, 0.6) is 0 Å². The van der Waals surface area contributed by atoms with Crippen LogP contribution in [-0.4, -0.2) is 48.0 Å². The summed E-state index contributed by atoms with van der Waals surface area (Å²) >= 11 is 0. The molecule has 2 saturated heterocycles. The fourth-order valence-corrected chi connectivity index (χ4v) is 1.86. The predicted molar refractivity (Wildman–Crippen MR) is 45.7 cm³/mol. The number of aldehydes is 1. The monoisotopic (exact) mass is 220 g/mol. The molecular weight excluding hydrogens is 207 g/mol. The van der Waals surface area contributed by atoms with Crippen LogP contribution in [0.1, 0.15) is 13.8 Å². The van der Waals surface area contributed by atoms with Crippen LogP contribution in [0.3, 0.4) is 0 Å². The minimum absolute atomic E-state index is 0.260. The molecule has 4 atom stereocenters. The minimum Gasteiger partial charge on any atom is -0.393 e. The first-order valence-corrected chi connectivity index (χ1v) is 4.69. The molecule has 15 heavy (non-hydrogen) atoms. The highest BCUT2D eigenvalue weighted by molar-refractivity contribution is 5.65. The summed E-state index contributed by atoms with van der Waals surface area (Å²) in [7, 11) is 0. The van der Waals surface area contributed by atoms with Gasteiger partial charge in [-0.05, 0) is 13.8 Å². The Hall–Kier alpha value is -0.560. The van der Waals surface area contributed by atoms with E-state index in [1.807, 2.05) is 0 Å². The topological polar surface area (TPSA) is 65.0 Å². The van der Waals surface area contributed by atoms with E-state index in [2.05, 4.69) is 0 Å². The molecule has 0 spiro atoms. The van der Waals surface area contributed by atoms with Gasteiger partial charge >= 0.3 is 0 Å². The van der Waals surface area contributed by atoms with Gasteiger partial charge in [0.1, 0.15) is 6.10 Å². The van der Waals surface area contributed by atoms with E-state index in [9.17, 15) is 9.18 Å². The van der Waals surface area contributed by atoms with Gasteiger partial charge in [0.15, 0.2) is 30.1 Å². The number of hydrogen-bond donors (Lipinski definition) is 1. The fourth-order valence-electron chi connectivity index (χ4n) is 1.86. The molecule has 2 aliphatic heterocycles. The molecule has 0 radical (unpaired) electrons. The van der Waals surface area contributed by atoms with Gasteiger partial charge in [-0.1, -0.05) is 0 Å². The number of hydrogen-bond acceptors (Lipinski definition) is 5. The van der Waals surface area contributed by atoms with Gasteiger partial charge in [0, 0.05) is 0 Å². The zero-order valence-corrected chi connectivity index (χ0v) is 8.47. The van der Waals surface area contributed by atoms with E-state index in [-0.39, 0.29) is 6.29 Å². The van der Waals surface area contributed by atoms with Gasteiger partial charge in [0.25, 0.3) is 0 Å². The number of ether oxygens (including phenoxy) is 3. The summed E-state index contributed by atoms with van der Waals surface area (Å²) < 4.78 is 29.4. The number of aliphatic hydroxyl groups is 1. The highest BCUT2D eigenvalue weighted by Gasteiger charge is 2.62. The lowest BCUT2D eigenvalue weighted by atomic mass is 10.00. The van der Waals surface area contributed by atoms with Crippen LogP contribution < -0.4 is 0 Å². The van der Waals surface area contributed by atoms with E-state index in [0.717, 1.165) is 0 Å². The molecule has 0 aliphatic carbocycles. The molecular formula is C9H13FO5. The Morgan fingerprint density at radius 2 is 2.07 bits per heavy atom. The summed E-state index contributed by atoms with van der Waals surface area (Å²) in [5, 5.41) is 8.96. The molecule has 0 aromatic rings. The number of carbonyl (C=O) groups excluding carboxylic acids is 1. The Bertz CT molecular complexity index is 282. The molecule has 5 nitrogen and oxygen atoms in total. The molecule has 86 valence electrons. The van der Waals surface area contributed by atoms with Crippen LogP contribution >= 0.6 is 0 Å². The second-order valence-corrected chi connectivity index (χ2v) is 4.22. The van der Waals surface area contributed by atoms with Gasteiger partial charge in [-0.3, -0.25) is 4.79 Å². The average molecular weight is 220 g/mol. The summed E-state index contributed by atoms with van der Waals surface area (Å²) in [6, 6.07) is 0. The van der Waals surface area contributed by atoms with E-state index in [0.29, 0.717) is 0 Å². The van der Waals surface area contributed by atoms with E-state index in [1.54, 1.807) is 13.8 Å². The molecule has 2 aliphatic rings. The minimum atomic E-state index is -1.84. The summed E-state index contributed by atoms with van der Waals surface area (Å²) in [4.78, 5) is 10.7. The molecule has 2 heterocycles. The highest BCUT2D eigenvalue weighted by atomic mass is 19.1. The van der Waals surface area contributed by atoms with Crippen molar-refractivity contribution in [1.29, 1.82) is 0 Å². The van der Waals surface area contributed by atoms with Crippen LogP contribution in [0.15, 0.2) is 0 Å². The second-order valence-electron chi connectivity index (χ2n) is 4.22. The van der Waals surface area contributed by atoms with Gasteiger partial charge in [-0.25, -0.2) is 4.39 Å². The van der Waals surface area contributed by atoms with Crippen LogP contribution in [0, 0.1) is 0 Å². The lowest BCUT2D eigenvalue weighted by molar-refractivity contribution is -0.233. The summed E-state index contributed by atoms with van der Waals surface area (Å²) in [6.45, 7) is 2.53. The van der Waals surface area contributed by atoms with Gasteiger partial charge in [-0.15, -0.1) is 0 Å². The maximum atomic E-state index is 13.8. The molecule has 2 fully saturated rings. The third kappa shape index (κ3) is 1.48. The fraction of sp³-hybridized carbons (Fsp3) is 0.889. The molecule has 0 saturated carbocycles. The number of carbonyl (C=O) groups is 1. The first-order valence-electron chi connectivity index (χ1n) is 4.69. The van der Waals surface area contributed by atoms with E-state index < -0.39 is 36.6 Å². The van der Waals surface area contributed by atoms with Gasteiger partial charge in [0.2, 0.25) is 0 Å². The number of aliphatic hydroxyl groups excluding tert-OH is 1. The maximum absolute atomic E-state index is 13.8. The van der Waals surface area contributed by atoms with Crippen molar-refractivity contribution in [3.05, 3.63) is 0 Å². The van der Waals surface area contributed by atoms with Crippen molar-refractivity contribution in [2.75, 3.05) is 6.61 Å². The predicted octanol–water partition coefficient (Wildman–Crippen LogP) is -0.238. The molecule has 0 bridgehead atoms. The third-order valence-electron chi connectivity index (χ3n) is 2.63. The van der Waals surface area contributed by atoms with Crippen LogP contribution in [0.2, 0.25) is 0 Å². The first kappa shape index (κ1) is 10.9. The number of alkyl halides is 1. The number of fused-ring (bicyclic) bond motifs is 1. The zero-order valence-electron chi connectivity index (χ0n) is 8.47. The Labute approximate surface area is 86.1 Å². The van der Waals surface area contributed by atoms with Crippen LogP contribution in [0.25, 0.3) is 0 Å². The average Bonchev–Trinajstić information content (AvgIpc) is 2.59. The van der Waals surface area contributed by atoms with Gasteiger partial charge in [-0.2, -0.15) is 0 Å². The zero-order chi connectivity index (χ0) is 11.3. The molecule has 0 unspecified atom stereocenters. The van der Waals surface area contributed by atoms with E-state index in [4.69, 9.17) is 19.3 Å². The molecule has 0 aromatic carbocycles. The Morgan fingerprint density at radius 1 is 1.40 bits per heavy atom. The van der Waals surface area contributed by atoms with E-state index in [1.165, 1.54) is 0 Å². The summed E-state index contributed by atoms with van der Waals surface area (Å²) in [5.41, 5.74) is -1.84. The lowest BCUT2D eigenvalue weighted by Crippen LogP contribution is -2.47. The SMILES string of the molecule is CC1(C)O[C@H]2O[C@@](C=O)(CO)[C@@H](F)[C@H]2O1. The Balaban J connectivity index is 2.21. The Kier molecular flexibility index (Phi) is 2.34. The quantitative estimate of drug-likeness (QED) is 0.651. The van der Waals surface area contributed by atoms with Crippen LogP contribution in [0.4, 0.5) is 4.39 Å². The molecule has 1 N–H and O–H groups in total. The molecule has 6 heteroatoms. The van der Waals surface area contributed by atoms with Crippen molar-refractivity contribution in [2.24, 2.45) is 0 Å². The lowest BCUT2D eigenvalue weighted by Gasteiger charge is -2.26. The van der Waals surface area contributed by atoms with Crippen molar-refractivity contribution in [2.45, 2.75) is 43.8 Å². The van der Waals surface area contributed by atoms with E-state index >= 15 is 0 Å². The Morgan fingerprint density at radius 3 is 2.53 bits per heavy atom. The largest absolute Gasteiger partial charge is 0.393 e. The molecule has 2 rings (SSSR count). The van der Waals surface area contributed by atoms with Crippen molar-refractivity contribution in [1.82, 2.24) is 0 Å². The molecule has 0 aromatic heterocycles. The standard InChI is InChI=1S/C9H13FO5/c1-8(2)13-5-6(10)9(3-11,4-12)15-7(5)14-8/h3,5-7,12H,4H2,1-2H3/t5-,6+,7+,9+/m1/s1.